The van der Waals surface area contributed by atoms with E-state index in [4.69, 9.17) is 0 Å². The average Bonchev–Trinajstić information content (AvgIpc) is 2.34. The van der Waals surface area contributed by atoms with Gasteiger partial charge >= 0.3 is 0 Å². The Morgan fingerprint density at radius 2 is 2.00 bits per heavy atom. The van der Waals surface area contributed by atoms with Gasteiger partial charge in [-0.1, -0.05) is 28.3 Å². The Morgan fingerprint density at radius 1 is 1.31 bits per heavy atom. The second-order valence-corrected chi connectivity index (χ2v) is 6.14. The van der Waals surface area contributed by atoms with Crippen molar-refractivity contribution in [3.8, 4) is 11.8 Å². The van der Waals surface area contributed by atoms with Gasteiger partial charge in [0.05, 0.1) is 0 Å². The van der Waals surface area contributed by atoms with E-state index < -0.39 is 0 Å². The standard InChI is InChI=1S/C12H19Br/c1-12(2,3)9-5-7-10-6-4-8-11(10)13/h10-11H,4,6-8H2,1-3H3. The van der Waals surface area contributed by atoms with Gasteiger partial charge in [-0.15, -0.1) is 5.92 Å². The van der Waals surface area contributed by atoms with E-state index in [1.54, 1.807) is 0 Å². The summed E-state index contributed by atoms with van der Waals surface area (Å²) in [5, 5.41) is 0. The van der Waals surface area contributed by atoms with Crippen LogP contribution in [0.4, 0.5) is 0 Å². The lowest BCUT2D eigenvalue weighted by atomic mass is 9.96. The molecule has 0 bridgehead atoms. The maximum Gasteiger partial charge on any atom is 0.0230 e. The quantitative estimate of drug-likeness (QED) is 0.482. The molecule has 0 saturated heterocycles. The van der Waals surface area contributed by atoms with Crippen LogP contribution < -0.4 is 0 Å². The minimum Gasteiger partial charge on any atom is -0.102 e. The predicted molar refractivity (Wildman–Crippen MR) is 61.9 cm³/mol. The van der Waals surface area contributed by atoms with E-state index in [2.05, 4.69) is 48.5 Å². The van der Waals surface area contributed by atoms with Crippen LogP contribution in [0.25, 0.3) is 0 Å². The van der Waals surface area contributed by atoms with Gasteiger partial charge in [-0.05, 0) is 39.5 Å². The fourth-order valence-corrected chi connectivity index (χ4v) is 2.44. The van der Waals surface area contributed by atoms with Crippen molar-refractivity contribution in [2.75, 3.05) is 0 Å². The maximum atomic E-state index is 3.72. The van der Waals surface area contributed by atoms with Crippen LogP contribution in [0.3, 0.4) is 0 Å². The van der Waals surface area contributed by atoms with E-state index in [9.17, 15) is 0 Å². The van der Waals surface area contributed by atoms with Crippen LogP contribution in [0.15, 0.2) is 0 Å². The lowest BCUT2D eigenvalue weighted by molar-refractivity contribution is 0.560. The molecule has 1 saturated carbocycles. The molecule has 0 aliphatic heterocycles. The third-order valence-electron chi connectivity index (χ3n) is 2.39. The molecule has 74 valence electrons. The molecule has 2 atom stereocenters. The Bertz CT molecular complexity index is 214. The van der Waals surface area contributed by atoms with E-state index in [0.717, 1.165) is 17.2 Å². The molecule has 0 nitrogen and oxygen atoms in total. The van der Waals surface area contributed by atoms with Crippen molar-refractivity contribution in [3.05, 3.63) is 0 Å². The van der Waals surface area contributed by atoms with Crippen LogP contribution in [0.5, 0.6) is 0 Å². The zero-order valence-corrected chi connectivity index (χ0v) is 10.4. The van der Waals surface area contributed by atoms with E-state index in [0.29, 0.717) is 0 Å². The van der Waals surface area contributed by atoms with Gasteiger partial charge in [-0.2, -0.15) is 0 Å². The summed E-state index contributed by atoms with van der Waals surface area (Å²) in [6, 6.07) is 0. The molecule has 0 aromatic heterocycles. The third kappa shape index (κ3) is 4.18. The lowest BCUT2D eigenvalue weighted by Gasteiger charge is -2.10. The third-order valence-corrected chi connectivity index (χ3v) is 3.60. The minimum atomic E-state index is 0.167. The number of halogens is 1. The van der Waals surface area contributed by atoms with Gasteiger partial charge < -0.3 is 0 Å². The van der Waals surface area contributed by atoms with Crippen molar-refractivity contribution in [1.29, 1.82) is 0 Å². The van der Waals surface area contributed by atoms with Gasteiger partial charge in [-0.3, -0.25) is 0 Å². The summed E-state index contributed by atoms with van der Waals surface area (Å²) in [6.45, 7) is 6.50. The van der Waals surface area contributed by atoms with Crippen LogP contribution in [-0.4, -0.2) is 4.83 Å². The van der Waals surface area contributed by atoms with Gasteiger partial charge in [0.1, 0.15) is 0 Å². The molecule has 13 heavy (non-hydrogen) atoms. The fourth-order valence-electron chi connectivity index (χ4n) is 1.67. The Balaban J connectivity index is 2.36. The first-order valence-corrected chi connectivity index (χ1v) is 6.05. The van der Waals surface area contributed by atoms with Crippen molar-refractivity contribution >= 4 is 15.9 Å². The molecule has 0 heterocycles. The molecule has 1 rings (SSSR count). The number of rotatable bonds is 1. The van der Waals surface area contributed by atoms with Crippen LogP contribution >= 0.6 is 15.9 Å². The first-order chi connectivity index (χ1) is 5.99. The van der Waals surface area contributed by atoms with Gasteiger partial charge in [0.25, 0.3) is 0 Å². The Morgan fingerprint density at radius 3 is 2.46 bits per heavy atom. The second kappa shape index (κ2) is 4.51. The molecule has 0 aromatic carbocycles. The molecule has 2 unspecified atom stereocenters. The van der Waals surface area contributed by atoms with Crippen LogP contribution in [-0.2, 0) is 0 Å². The Labute approximate surface area is 90.6 Å². The average molecular weight is 243 g/mol. The summed E-state index contributed by atoms with van der Waals surface area (Å²) in [4.78, 5) is 0.724. The maximum absolute atomic E-state index is 3.72. The molecule has 0 radical (unpaired) electrons. The van der Waals surface area contributed by atoms with Crippen molar-refractivity contribution in [3.63, 3.8) is 0 Å². The Hall–Kier alpha value is 0.0400. The molecule has 1 aliphatic rings. The lowest BCUT2D eigenvalue weighted by Crippen LogP contribution is -2.05. The highest BCUT2D eigenvalue weighted by Gasteiger charge is 2.23. The zero-order valence-electron chi connectivity index (χ0n) is 8.86. The molecule has 1 heteroatoms. The Kier molecular flexibility index (Phi) is 3.86. The number of hydrogen-bond acceptors (Lipinski definition) is 0. The first kappa shape index (κ1) is 11.1. The molecule has 0 N–H and O–H groups in total. The van der Waals surface area contributed by atoms with E-state index >= 15 is 0 Å². The summed E-state index contributed by atoms with van der Waals surface area (Å²) >= 11 is 3.72. The highest BCUT2D eigenvalue weighted by molar-refractivity contribution is 9.09. The van der Waals surface area contributed by atoms with Crippen molar-refractivity contribution < 1.29 is 0 Å². The summed E-state index contributed by atoms with van der Waals surface area (Å²) in [6.07, 6.45) is 5.14. The van der Waals surface area contributed by atoms with E-state index in [1.165, 1.54) is 19.3 Å². The van der Waals surface area contributed by atoms with Crippen LogP contribution in [0, 0.1) is 23.2 Å². The molecule has 0 spiro atoms. The highest BCUT2D eigenvalue weighted by atomic mass is 79.9. The van der Waals surface area contributed by atoms with Gasteiger partial charge in [0.15, 0.2) is 0 Å². The fraction of sp³-hybridized carbons (Fsp3) is 0.833. The molecular weight excluding hydrogens is 224 g/mol. The predicted octanol–water partition coefficient (Wildman–Crippen LogP) is 3.99. The van der Waals surface area contributed by atoms with E-state index in [1.807, 2.05) is 0 Å². The minimum absolute atomic E-state index is 0.167. The van der Waals surface area contributed by atoms with E-state index in [-0.39, 0.29) is 5.41 Å². The monoisotopic (exact) mass is 242 g/mol. The molecule has 1 fully saturated rings. The van der Waals surface area contributed by atoms with Gasteiger partial charge in [-0.25, -0.2) is 0 Å². The summed E-state index contributed by atoms with van der Waals surface area (Å²) in [7, 11) is 0. The molecular formula is C12H19Br. The molecule has 0 amide bonds. The van der Waals surface area contributed by atoms with Crippen molar-refractivity contribution in [2.24, 2.45) is 11.3 Å². The summed E-state index contributed by atoms with van der Waals surface area (Å²) in [5.74, 6) is 7.42. The second-order valence-electron chi connectivity index (χ2n) is 4.96. The number of alkyl halides is 1. The zero-order chi connectivity index (χ0) is 9.90. The topological polar surface area (TPSA) is 0 Å². The van der Waals surface area contributed by atoms with Crippen LogP contribution in [0.2, 0.25) is 0 Å². The SMILES string of the molecule is CC(C)(C)C#CCC1CCCC1Br. The largest absolute Gasteiger partial charge is 0.102 e. The molecule has 1 aliphatic carbocycles. The van der Waals surface area contributed by atoms with Crippen molar-refractivity contribution in [2.45, 2.75) is 51.3 Å². The summed E-state index contributed by atoms with van der Waals surface area (Å²) < 4.78 is 0. The highest BCUT2D eigenvalue weighted by Crippen LogP contribution is 2.33. The smallest absolute Gasteiger partial charge is 0.0230 e. The van der Waals surface area contributed by atoms with Crippen molar-refractivity contribution in [1.82, 2.24) is 0 Å². The summed E-state index contributed by atoms with van der Waals surface area (Å²) in [5.41, 5.74) is 0.167. The normalized spacial score (nSPS) is 28.3. The van der Waals surface area contributed by atoms with Crippen LogP contribution in [0.1, 0.15) is 46.5 Å². The number of hydrogen-bond donors (Lipinski definition) is 0. The van der Waals surface area contributed by atoms with Gasteiger partial charge in [0, 0.05) is 16.7 Å². The van der Waals surface area contributed by atoms with Gasteiger partial charge in [0.2, 0.25) is 0 Å². The first-order valence-electron chi connectivity index (χ1n) is 5.13. The molecule has 0 aromatic rings.